The van der Waals surface area contributed by atoms with Crippen molar-refractivity contribution >= 4 is 0 Å². The minimum absolute atomic E-state index is 0.510. The van der Waals surface area contributed by atoms with Crippen LogP contribution in [-0.2, 0) is 0 Å². The van der Waals surface area contributed by atoms with Crippen molar-refractivity contribution in [2.45, 2.75) is 53.9 Å². The Morgan fingerprint density at radius 1 is 1.25 bits per heavy atom. The zero-order valence-electron chi connectivity index (χ0n) is 9.48. The second kappa shape index (κ2) is 4.89. The third-order valence-corrected chi connectivity index (χ3v) is 3.42. The van der Waals surface area contributed by atoms with Crippen molar-refractivity contribution in [2.24, 2.45) is 17.3 Å². The molecule has 0 rings (SSSR count). The van der Waals surface area contributed by atoms with Crippen molar-refractivity contribution < 1.29 is 0 Å². The summed E-state index contributed by atoms with van der Waals surface area (Å²) < 4.78 is 0. The van der Waals surface area contributed by atoms with Gasteiger partial charge in [-0.1, -0.05) is 54.4 Å². The molecular weight excluding hydrogens is 144 g/mol. The molecule has 3 atom stereocenters. The number of hydrogen-bond acceptors (Lipinski definition) is 0. The number of hydrogen-bond donors (Lipinski definition) is 0. The first kappa shape index (κ1) is 12.0. The molecule has 0 aromatic heterocycles. The Balaban J connectivity index is 4.22. The SMILES string of the molecule is [CH2]C(C)CC(C)(CC)C(C)CC. The lowest BCUT2D eigenvalue weighted by Crippen LogP contribution is -2.26. The van der Waals surface area contributed by atoms with Crippen LogP contribution in [0.15, 0.2) is 0 Å². The quantitative estimate of drug-likeness (QED) is 0.575. The van der Waals surface area contributed by atoms with Gasteiger partial charge in [-0.2, -0.15) is 0 Å². The molecule has 0 nitrogen and oxygen atoms in total. The summed E-state index contributed by atoms with van der Waals surface area (Å²) in [5, 5.41) is 0. The van der Waals surface area contributed by atoms with E-state index in [9.17, 15) is 0 Å². The Morgan fingerprint density at radius 2 is 1.75 bits per heavy atom. The van der Waals surface area contributed by atoms with E-state index >= 15 is 0 Å². The lowest BCUT2D eigenvalue weighted by molar-refractivity contribution is 0.153. The summed E-state index contributed by atoms with van der Waals surface area (Å²) in [5.74, 6) is 1.41. The van der Waals surface area contributed by atoms with Crippen LogP contribution in [0.5, 0.6) is 0 Å². The molecule has 0 aliphatic rings. The van der Waals surface area contributed by atoms with Crippen molar-refractivity contribution in [1.29, 1.82) is 0 Å². The monoisotopic (exact) mass is 169 g/mol. The molecule has 0 saturated heterocycles. The average Bonchev–Trinajstić information content (AvgIpc) is 2.01. The highest BCUT2D eigenvalue weighted by molar-refractivity contribution is 4.80. The number of rotatable bonds is 5. The molecule has 0 aromatic rings. The molecule has 0 aromatic carbocycles. The van der Waals surface area contributed by atoms with Gasteiger partial charge < -0.3 is 0 Å². The predicted octanol–water partition coefficient (Wildman–Crippen LogP) is 4.31. The summed E-state index contributed by atoms with van der Waals surface area (Å²) in [4.78, 5) is 0. The van der Waals surface area contributed by atoms with E-state index in [2.05, 4.69) is 41.5 Å². The minimum atomic E-state index is 0.510. The Morgan fingerprint density at radius 3 is 2.00 bits per heavy atom. The van der Waals surface area contributed by atoms with Gasteiger partial charge in [0, 0.05) is 0 Å². The third-order valence-electron chi connectivity index (χ3n) is 3.42. The van der Waals surface area contributed by atoms with E-state index < -0.39 is 0 Å². The Kier molecular flexibility index (Phi) is 4.89. The summed E-state index contributed by atoms with van der Waals surface area (Å²) >= 11 is 0. The largest absolute Gasteiger partial charge is 0.0651 e. The van der Waals surface area contributed by atoms with E-state index in [4.69, 9.17) is 0 Å². The first-order chi connectivity index (χ1) is 5.46. The maximum absolute atomic E-state index is 4.09. The van der Waals surface area contributed by atoms with Crippen LogP contribution < -0.4 is 0 Å². The molecule has 0 spiro atoms. The van der Waals surface area contributed by atoms with Gasteiger partial charge in [-0.3, -0.25) is 0 Å². The smallest absolute Gasteiger partial charge is 0.0300 e. The van der Waals surface area contributed by atoms with Gasteiger partial charge in [-0.25, -0.2) is 0 Å². The van der Waals surface area contributed by atoms with Gasteiger partial charge in [0.1, 0.15) is 0 Å². The molecule has 0 bridgehead atoms. The maximum atomic E-state index is 4.09. The molecular formula is C12H25. The highest BCUT2D eigenvalue weighted by atomic mass is 14.3. The summed E-state index contributed by atoms with van der Waals surface area (Å²) in [7, 11) is 0. The lowest BCUT2D eigenvalue weighted by Gasteiger charge is -2.36. The van der Waals surface area contributed by atoms with Gasteiger partial charge in [-0.15, -0.1) is 0 Å². The summed E-state index contributed by atoms with van der Waals surface area (Å²) in [6.07, 6.45) is 3.83. The van der Waals surface area contributed by atoms with Crippen molar-refractivity contribution in [3.8, 4) is 0 Å². The molecule has 0 N–H and O–H groups in total. The van der Waals surface area contributed by atoms with Crippen molar-refractivity contribution in [3.05, 3.63) is 6.92 Å². The molecule has 0 aliphatic heterocycles. The van der Waals surface area contributed by atoms with Gasteiger partial charge in [0.05, 0.1) is 0 Å². The van der Waals surface area contributed by atoms with Crippen LogP contribution in [0.2, 0.25) is 0 Å². The van der Waals surface area contributed by atoms with Gasteiger partial charge >= 0.3 is 0 Å². The predicted molar refractivity (Wildman–Crippen MR) is 57.0 cm³/mol. The first-order valence-corrected chi connectivity index (χ1v) is 5.29. The Bertz CT molecular complexity index is 115. The van der Waals surface area contributed by atoms with Crippen molar-refractivity contribution in [3.63, 3.8) is 0 Å². The van der Waals surface area contributed by atoms with Gasteiger partial charge in [-0.05, 0) is 23.7 Å². The summed E-state index contributed by atoms with van der Waals surface area (Å²) in [6.45, 7) is 15.7. The third kappa shape index (κ3) is 3.16. The maximum Gasteiger partial charge on any atom is -0.0300 e. The molecule has 73 valence electrons. The highest BCUT2D eigenvalue weighted by Crippen LogP contribution is 2.38. The standard InChI is InChI=1S/C12H25/c1-7-11(5)12(6,8-2)9-10(3)4/h10-11H,3,7-9H2,1-2,4-6H3. The molecule has 1 radical (unpaired) electrons. The van der Waals surface area contributed by atoms with Crippen LogP contribution in [0.3, 0.4) is 0 Å². The van der Waals surface area contributed by atoms with Crippen LogP contribution in [-0.4, -0.2) is 0 Å². The van der Waals surface area contributed by atoms with Crippen LogP contribution in [0.4, 0.5) is 0 Å². The zero-order valence-corrected chi connectivity index (χ0v) is 9.48. The molecule has 0 heteroatoms. The first-order valence-electron chi connectivity index (χ1n) is 5.29. The molecule has 0 amide bonds. The molecule has 0 saturated carbocycles. The summed E-state index contributed by atoms with van der Waals surface area (Å²) in [6, 6.07) is 0. The summed E-state index contributed by atoms with van der Waals surface area (Å²) in [5.41, 5.74) is 0.510. The minimum Gasteiger partial charge on any atom is -0.0651 e. The Labute approximate surface area is 78.8 Å². The second-order valence-corrected chi connectivity index (χ2v) is 4.63. The van der Waals surface area contributed by atoms with Crippen molar-refractivity contribution in [1.82, 2.24) is 0 Å². The van der Waals surface area contributed by atoms with E-state index in [0.29, 0.717) is 11.3 Å². The van der Waals surface area contributed by atoms with Gasteiger partial charge in [0.25, 0.3) is 0 Å². The fourth-order valence-electron chi connectivity index (χ4n) is 1.98. The second-order valence-electron chi connectivity index (χ2n) is 4.63. The molecule has 0 heterocycles. The highest BCUT2D eigenvalue weighted by Gasteiger charge is 2.28. The van der Waals surface area contributed by atoms with Crippen LogP contribution in [0.1, 0.15) is 53.9 Å². The van der Waals surface area contributed by atoms with Gasteiger partial charge in [0.15, 0.2) is 0 Å². The van der Waals surface area contributed by atoms with Crippen LogP contribution in [0, 0.1) is 24.2 Å². The normalized spacial score (nSPS) is 19.2. The van der Waals surface area contributed by atoms with Crippen LogP contribution >= 0.6 is 0 Å². The average molecular weight is 169 g/mol. The molecule has 12 heavy (non-hydrogen) atoms. The molecule has 3 unspecified atom stereocenters. The van der Waals surface area contributed by atoms with E-state index in [1.807, 2.05) is 0 Å². The van der Waals surface area contributed by atoms with E-state index in [0.717, 1.165) is 5.92 Å². The van der Waals surface area contributed by atoms with E-state index in [-0.39, 0.29) is 0 Å². The van der Waals surface area contributed by atoms with Crippen molar-refractivity contribution in [2.75, 3.05) is 0 Å². The topological polar surface area (TPSA) is 0 Å². The van der Waals surface area contributed by atoms with Gasteiger partial charge in [0.2, 0.25) is 0 Å². The van der Waals surface area contributed by atoms with Crippen LogP contribution in [0.25, 0.3) is 0 Å². The fraction of sp³-hybridized carbons (Fsp3) is 0.917. The molecule has 0 aliphatic carbocycles. The van der Waals surface area contributed by atoms with E-state index in [1.54, 1.807) is 0 Å². The molecule has 0 fully saturated rings. The lowest BCUT2D eigenvalue weighted by atomic mass is 9.70. The fourth-order valence-corrected chi connectivity index (χ4v) is 1.98. The Hall–Kier alpha value is 0. The van der Waals surface area contributed by atoms with E-state index in [1.165, 1.54) is 19.3 Å². The zero-order chi connectivity index (χ0) is 9.78.